The molecular weight excluding hydrogens is 706 g/mol. The van der Waals surface area contributed by atoms with E-state index in [1.807, 2.05) is 28.0 Å². The van der Waals surface area contributed by atoms with Crippen LogP contribution >= 0.6 is 0 Å². The van der Waals surface area contributed by atoms with Crippen molar-refractivity contribution >= 4 is 40.6 Å². The van der Waals surface area contributed by atoms with E-state index in [1.54, 1.807) is 32.4 Å². The number of amides is 2. The monoisotopic (exact) mass is 743 g/mol. The second-order valence-corrected chi connectivity index (χ2v) is 13.3. The van der Waals surface area contributed by atoms with E-state index in [-0.39, 0.29) is 18.1 Å². The molecule has 3 fully saturated rings. The van der Waals surface area contributed by atoms with Crippen molar-refractivity contribution in [1.82, 2.24) is 34.1 Å². The van der Waals surface area contributed by atoms with Gasteiger partial charge in [-0.15, -0.1) is 10.2 Å². The van der Waals surface area contributed by atoms with E-state index >= 15 is 0 Å². The van der Waals surface area contributed by atoms with Gasteiger partial charge >= 0.3 is 6.03 Å². The van der Waals surface area contributed by atoms with Crippen LogP contribution in [0.3, 0.4) is 0 Å². The van der Waals surface area contributed by atoms with Crippen LogP contribution in [-0.4, -0.2) is 79.5 Å². The first-order valence-electron chi connectivity index (χ1n) is 17.8. The number of anilines is 4. The highest BCUT2D eigenvalue weighted by atomic mass is 19.1. The predicted octanol–water partition coefficient (Wildman–Crippen LogP) is 6.14. The van der Waals surface area contributed by atoms with Crippen molar-refractivity contribution in [2.75, 3.05) is 60.2 Å². The standard InChI is InChI=1S/C21H22F2N6O2.C16H15F2N5/c22-14-3-4-16(23)15(12-14)17-2-1-7-28(17)19-6-5-18-24-13-20(29(18)26-19)25-21(30)27-8-10-31-11-9-27;17-10-3-4-12(18)11(8-10)13-2-1-7-22(13)16-6-5-15-20-9-14(19)23(15)21-16/h3-6,12-13,17H,1-2,7-11H2,(H,25,30);3-6,8-9,13H,1-2,7,19H2/t17-;13-/m11/s1. The minimum atomic E-state index is -0.464. The molecule has 4 aromatic heterocycles. The number of nitrogens with one attached hydrogen (secondary N) is 1. The minimum Gasteiger partial charge on any atom is -0.382 e. The smallest absolute Gasteiger partial charge is 0.323 e. The number of nitrogens with zero attached hydrogens (tertiary/aromatic N) is 9. The summed E-state index contributed by atoms with van der Waals surface area (Å²) >= 11 is 0. The van der Waals surface area contributed by atoms with E-state index in [9.17, 15) is 22.4 Å². The number of urea groups is 1. The third-order valence-corrected chi connectivity index (χ3v) is 9.98. The maximum Gasteiger partial charge on any atom is 0.323 e. The van der Waals surface area contributed by atoms with Crippen LogP contribution in [-0.2, 0) is 4.74 Å². The molecule has 7 heterocycles. The van der Waals surface area contributed by atoms with E-state index in [2.05, 4.69) is 25.5 Å². The first-order chi connectivity index (χ1) is 26.2. The van der Waals surface area contributed by atoms with Gasteiger partial charge in [-0.2, -0.15) is 9.03 Å². The molecule has 6 aromatic rings. The summed E-state index contributed by atoms with van der Waals surface area (Å²) in [4.78, 5) is 26.6. The van der Waals surface area contributed by atoms with Crippen LogP contribution in [0.25, 0.3) is 11.3 Å². The maximum atomic E-state index is 14.4. The van der Waals surface area contributed by atoms with Crippen molar-refractivity contribution in [3.63, 3.8) is 0 Å². The van der Waals surface area contributed by atoms with Crippen LogP contribution in [0.5, 0.6) is 0 Å². The molecule has 3 aliphatic rings. The Hall–Kier alpha value is -5.97. The zero-order valence-electron chi connectivity index (χ0n) is 29.1. The van der Waals surface area contributed by atoms with Gasteiger partial charge in [0, 0.05) is 37.3 Å². The van der Waals surface area contributed by atoms with Crippen LogP contribution in [0, 0.1) is 23.3 Å². The lowest BCUT2D eigenvalue weighted by molar-refractivity contribution is 0.0564. The first-order valence-corrected chi connectivity index (χ1v) is 17.8. The number of rotatable bonds is 5. The highest BCUT2D eigenvalue weighted by Crippen LogP contribution is 2.38. The number of ether oxygens (including phenoxy) is 1. The van der Waals surface area contributed by atoms with Gasteiger partial charge in [0.15, 0.2) is 17.1 Å². The highest BCUT2D eigenvalue weighted by Gasteiger charge is 2.31. The van der Waals surface area contributed by atoms with Crippen LogP contribution in [0.1, 0.15) is 48.9 Å². The van der Waals surface area contributed by atoms with Gasteiger partial charge < -0.3 is 25.2 Å². The molecular formula is C37H37F4N11O2. The fourth-order valence-electron chi connectivity index (χ4n) is 7.36. The number of carbonyl (C=O) groups is 1. The Labute approximate surface area is 306 Å². The Morgan fingerprint density at radius 1 is 0.704 bits per heavy atom. The van der Waals surface area contributed by atoms with Crippen molar-refractivity contribution in [2.45, 2.75) is 37.8 Å². The predicted molar refractivity (Wildman–Crippen MR) is 193 cm³/mol. The van der Waals surface area contributed by atoms with Crippen LogP contribution < -0.4 is 20.9 Å². The Morgan fingerprint density at radius 2 is 1.24 bits per heavy atom. The Kier molecular flexibility index (Phi) is 9.62. The first kappa shape index (κ1) is 35.1. The lowest BCUT2D eigenvalue weighted by Gasteiger charge is -2.27. The van der Waals surface area contributed by atoms with E-state index < -0.39 is 23.3 Å². The average Bonchev–Trinajstić information content (AvgIpc) is 4.02. The molecule has 2 amide bonds. The van der Waals surface area contributed by atoms with Gasteiger partial charge in [-0.25, -0.2) is 32.3 Å². The summed E-state index contributed by atoms with van der Waals surface area (Å²) in [6.45, 7) is 3.47. The fourth-order valence-corrected chi connectivity index (χ4v) is 7.36. The van der Waals surface area contributed by atoms with Crippen LogP contribution in [0.15, 0.2) is 73.1 Å². The number of imidazole rings is 2. The van der Waals surface area contributed by atoms with Crippen molar-refractivity contribution in [1.29, 1.82) is 0 Å². The Balaban J connectivity index is 0.000000160. The molecule has 9 rings (SSSR count). The van der Waals surface area contributed by atoms with E-state index in [0.717, 1.165) is 44.0 Å². The number of benzene rings is 2. The SMILES string of the molecule is Nc1cnc2ccc(N3CCC[C@@H]3c3cc(F)ccc3F)nn12.O=C(Nc1cnc2ccc(N3CCC[C@@H]3c3cc(F)ccc3F)nn12)N1CCOCC1. The normalized spacial score (nSPS) is 18.7. The Morgan fingerprint density at radius 3 is 1.83 bits per heavy atom. The molecule has 17 heteroatoms. The van der Waals surface area contributed by atoms with Crippen molar-refractivity contribution in [3.8, 4) is 0 Å². The Bertz CT molecular complexity index is 2310. The zero-order valence-corrected chi connectivity index (χ0v) is 29.1. The van der Waals surface area contributed by atoms with Crippen molar-refractivity contribution in [3.05, 3.63) is 107 Å². The number of hydrogen-bond acceptors (Lipinski definition) is 9. The molecule has 2 aromatic carbocycles. The molecule has 3 N–H and O–H groups in total. The van der Waals surface area contributed by atoms with Gasteiger partial charge in [0.2, 0.25) is 0 Å². The van der Waals surface area contributed by atoms with Gasteiger partial charge in [0.25, 0.3) is 0 Å². The van der Waals surface area contributed by atoms with E-state index in [0.29, 0.717) is 85.0 Å². The summed E-state index contributed by atoms with van der Waals surface area (Å²) in [6, 6.07) is 13.6. The number of carbonyl (C=O) groups excluding carboxylic acids is 1. The molecule has 54 heavy (non-hydrogen) atoms. The second kappa shape index (κ2) is 14.8. The highest BCUT2D eigenvalue weighted by molar-refractivity contribution is 5.88. The number of morpholine rings is 1. The lowest BCUT2D eigenvalue weighted by atomic mass is 10.0. The van der Waals surface area contributed by atoms with Crippen LogP contribution in [0.2, 0.25) is 0 Å². The number of hydrogen-bond donors (Lipinski definition) is 2. The molecule has 2 atom stereocenters. The molecule has 0 unspecified atom stereocenters. The fraction of sp³-hybridized carbons (Fsp3) is 0.324. The summed E-state index contributed by atoms with van der Waals surface area (Å²) < 4.78 is 64.2. The quantitative estimate of drug-likeness (QED) is 0.200. The molecule has 3 saturated heterocycles. The summed E-state index contributed by atoms with van der Waals surface area (Å²) in [5, 5.41) is 12.0. The van der Waals surface area contributed by atoms with E-state index in [4.69, 9.17) is 10.5 Å². The summed E-state index contributed by atoms with van der Waals surface area (Å²) in [6.07, 6.45) is 6.27. The molecule has 3 aliphatic heterocycles. The van der Waals surface area contributed by atoms with Gasteiger partial charge in [0.05, 0.1) is 37.7 Å². The molecule has 13 nitrogen and oxygen atoms in total. The maximum absolute atomic E-state index is 14.4. The summed E-state index contributed by atoms with van der Waals surface area (Å²) in [5.41, 5.74) is 7.76. The molecule has 0 saturated carbocycles. The van der Waals surface area contributed by atoms with Crippen molar-refractivity contribution in [2.24, 2.45) is 0 Å². The number of halogens is 4. The zero-order chi connectivity index (χ0) is 37.3. The number of fused-ring (bicyclic) bond motifs is 2. The number of aromatic nitrogens is 6. The van der Waals surface area contributed by atoms with Crippen molar-refractivity contribution < 1.29 is 27.1 Å². The molecule has 0 radical (unpaired) electrons. The summed E-state index contributed by atoms with van der Waals surface area (Å²) in [7, 11) is 0. The second-order valence-electron chi connectivity index (χ2n) is 13.3. The third kappa shape index (κ3) is 6.93. The van der Waals surface area contributed by atoms with Gasteiger partial charge in [-0.05, 0) is 86.3 Å². The topological polar surface area (TPSA) is 134 Å². The molecule has 280 valence electrons. The van der Waals surface area contributed by atoms with E-state index in [1.165, 1.54) is 18.2 Å². The molecule has 0 spiro atoms. The van der Waals surface area contributed by atoms with Gasteiger partial charge in [-0.3, -0.25) is 5.32 Å². The molecule has 0 bridgehead atoms. The van der Waals surface area contributed by atoms with Crippen LogP contribution in [0.4, 0.5) is 45.6 Å². The van der Waals surface area contributed by atoms with Gasteiger partial charge in [0.1, 0.15) is 40.7 Å². The van der Waals surface area contributed by atoms with Gasteiger partial charge in [-0.1, -0.05) is 0 Å². The lowest BCUT2D eigenvalue weighted by Crippen LogP contribution is -2.43. The largest absolute Gasteiger partial charge is 0.382 e. The number of nitrogens with two attached hydrogens (primary N) is 1. The third-order valence-electron chi connectivity index (χ3n) is 9.98. The molecule has 0 aliphatic carbocycles. The summed E-state index contributed by atoms with van der Waals surface area (Å²) in [5.74, 6) is 0.444. The average molecular weight is 744 g/mol. The minimum absolute atomic E-state index is 0.236. The number of nitrogen functional groups attached to an aromatic ring is 1.